The Morgan fingerprint density at radius 1 is 0.833 bits per heavy atom. The summed E-state index contributed by atoms with van der Waals surface area (Å²) >= 11 is 6.93. The summed E-state index contributed by atoms with van der Waals surface area (Å²) in [6.45, 7) is 4.54. The number of halogens is 1. The first-order valence-electron chi connectivity index (χ1n) is 13.0. The molecule has 1 heterocycles. The summed E-state index contributed by atoms with van der Waals surface area (Å²) in [6.07, 6.45) is 22.0. The highest BCUT2D eigenvalue weighted by atomic mass is 35.5. The Hall–Kier alpha value is -0.280. The third-order valence-corrected chi connectivity index (χ3v) is 7.17. The second-order valence-electron chi connectivity index (χ2n) is 9.29. The lowest BCUT2D eigenvalue weighted by Gasteiger charge is -2.40. The van der Waals surface area contributed by atoms with Crippen molar-refractivity contribution < 1.29 is 14.3 Å². The molecule has 1 aliphatic rings. The lowest BCUT2D eigenvalue weighted by Crippen LogP contribution is -2.42. The molecule has 1 aliphatic heterocycles. The number of methoxy groups -OCH3 is 1. The van der Waals surface area contributed by atoms with Gasteiger partial charge < -0.3 is 9.47 Å². The smallest absolute Gasteiger partial charge is 0.305 e. The fraction of sp³-hybridized carbons (Fsp3) is 0.962. The summed E-state index contributed by atoms with van der Waals surface area (Å²) in [7, 11) is 1.46. The predicted molar refractivity (Wildman–Crippen MR) is 128 cm³/mol. The van der Waals surface area contributed by atoms with Gasteiger partial charge in [0.25, 0.3) is 0 Å². The Morgan fingerprint density at radius 2 is 1.40 bits per heavy atom. The van der Waals surface area contributed by atoms with E-state index in [4.69, 9.17) is 21.1 Å². The molecule has 4 atom stereocenters. The first-order valence-corrected chi connectivity index (χ1v) is 13.4. The first-order chi connectivity index (χ1) is 14.6. The Kier molecular flexibility index (Phi) is 16.9. The zero-order valence-corrected chi connectivity index (χ0v) is 20.9. The lowest BCUT2D eigenvalue weighted by molar-refractivity contribution is -0.140. The van der Waals surface area contributed by atoms with Crippen molar-refractivity contribution in [3.8, 4) is 0 Å². The second-order valence-corrected chi connectivity index (χ2v) is 9.85. The van der Waals surface area contributed by atoms with Gasteiger partial charge in [-0.1, -0.05) is 90.9 Å². The zero-order valence-electron chi connectivity index (χ0n) is 20.1. The van der Waals surface area contributed by atoms with Gasteiger partial charge in [0.15, 0.2) is 0 Å². The average molecular weight is 445 g/mol. The minimum Gasteiger partial charge on any atom is -0.469 e. The van der Waals surface area contributed by atoms with Crippen molar-refractivity contribution in [3.05, 3.63) is 0 Å². The van der Waals surface area contributed by atoms with E-state index in [9.17, 15) is 4.79 Å². The van der Waals surface area contributed by atoms with E-state index in [1.54, 1.807) is 0 Å². The first kappa shape index (κ1) is 27.8. The van der Waals surface area contributed by atoms with E-state index in [-0.39, 0.29) is 11.3 Å². The number of rotatable bonds is 18. The summed E-state index contributed by atoms with van der Waals surface area (Å²) in [5, 5.41) is 0.269. The molecule has 1 saturated heterocycles. The summed E-state index contributed by atoms with van der Waals surface area (Å²) in [5.74, 6) is 0.421. The number of carbonyl (C=O) groups excluding carboxylic acids is 1. The summed E-state index contributed by atoms with van der Waals surface area (Å²) < 4.78 is 11.3. The summed E-state index contributed by atoms with van der Waals surface area (Å²) in [5.41, 5.74) is 0. The van der Waals surface area contributed by atoms with Crippen LogP contribution in [0.2, 0.25) is 0 Å². The molecule has 178 valence electrons. The molecule has 0 N–H and O–H groups in total. The molecule has 0 unspecified atom stereocenters. The van der Waals surface area contributed by atoms with Gasteiger partial charge in [0.05, 0.1) is 19.3 Å². The largest absolute Gasteiger partial charge is 0.469 e. The molecular weight excluding hydrogens is 396 g/mol. The maximum absolute atomic E-state index is 11.2. The van der Waals surface area contributed by atoms with Crippen molar-refractivity contribution in [2.24, 2.45) is 5.92 Å². The molecule has 30 heavy (non-hydrogen) atoms. The molecule has 0 saturated carbocycles. The van der Waals surface area contributed by atoms with Gasteiger partial charge in [-0.2, -0.15) is 0 Å². The molecule has 0 bridgehead atoms. The maximum atomic E-state index is 11.2. The Labute approximate surface area is 192 Å². The molecule has 1 rings (SSSR count). The van der Waals surface area contributed by atoms with Crippen LogP contribution in [0.3, 0.4) is 0 Å². The molecule has 0 amide bonds. The van der Waals surface area contributed by atoms with E-state index in [0.29, 0.717) is 24.5 Å². The molecule has 4 heteroatoms. The quantitative estimate of drug-likeness (QED) is 0.121. The molecular formula is C26H49ClO3. The Balaban J connectivity index is 2.37. The van der Waals surface area contributed by atoms with Gasteiger partial charge in [0.1, 0.15) is 0 Å². The molecule has 0 spiro atoms. The van der Waals surface area contributed by atoms with Crippen LogP contribution in [0.15, 0.2) is 0 Å². The van der Waals surface area contributed by atoms with Gasteiger partial charge in [0.2, 0.25) is 0 Å². The SMILES string of the molecule is CCCCCC[C@@H]1C[C@H](Cl)[C@@H](CCCCCCCC(=O)OC)[C@H](CCCCCC)O1. The van der Waals surface area contributed by atoms with Crippen LogP contribution in [-0.2, 0) is 14.3 Å². The zero-order chi connectivity index (χ0) is 22.0. The molecule has 0 aromatic heterocycles. The number of carbonyl (C=O) groups is 1. The summed E-state index contributed by atoms with van der Waals surface area (Å²) in [6, 6.07) is 0. The van der Waals surface area contributed by atoms with E-state index in [1.165, 1.54) is 97.0 Å². The third-order valence-electron chi connectivity index (χ3n) is 6.67. The van der Waals surface area contributed by atoms with Gasteiger partial charge in [-0.3, -0.25) is 4.79 Å². The molecule has 0 aromatic rings. The van der Waals surface area contributed by atoms with E-state index < -0.39 is 0 Å². The van der Waals surface area contributed by atoms with E-state index in [0.717, 1.165) is 19.3 Å². The van der Waals surface area contributed by atoms with Crippen LogP contribution < -0.4 is 0 Å². The number of alkyl halides is 1. The van der Waals surface area contributed by atoms with E-state index in [2.05, 4.69) is 13.8 Å². The number of hydrogen-bond acceptors (Lipinski definition) is 3. The standard InChI is InChI=1S/C26H49ClO3/c1-4-6-8-13-17-22-21-24(27)23(25(30-22)19-15-9-7-5-2)18-14-11-10-12-16-20-26(28)29-3/h22-25H,4-21H2,1-3H3/t22-,23-,24+,25+/m1/s1. The van der Waals surface area contributed by atoms with Crippen LogP contribution >= 0.6 is 11.6 Å². The van der Waals surface area contributed by atoms with Crippen LogP contribution in [0.25, 0.3) is 0 Å². The Morgan fingerprint density at radius 3 is 2.07 bits per heavy atom. The fourth-order valence-corrected chi connectivity index (χ4v) is 5.24. The normalized spacial score (nSPS) is 24.1. The van der Waals surface area contributed by atoms with Crippen molar-refractivity contribution >= 4 is 17.6 Å². The van der Waals surface area contributed by atoms with Crippen LogP contribution in [-0.4, -0.2) is 30.7 Å². The van der Waals surface area contributed by atoms with Gasteiger partial charge in [-0.15, -0.1) is 11.6 Å². The second kappa shape index (κ2) is 18.3. The monoisotopic (exact) mass is 444 g/mol. The highest BCUT2D eigenvalue weighted by Crippen LogP contribution is 2.37. The van der Waals surface area contributed by atoms with Gasteiger partial charge in [0, 0.05) is 17.7 Å². The van der Waals surface area contributed by atoms with Crippen molar-refractivity contribution in [1.82, 2.24) is 0 Å². The number of hydrogen-bond donors (Lipinski definition) is 0. The topological polar surface area (TPSA) is 35.5 Å². The average Bonchev–Trinajstić information content (AvgIpc) is 2.74. The summed E-state index contributed by atoms with van der Waals surface area (Å²) in [4.78, 5) is 11.2. The van der Waals surface area contributed by atoms with Crippen LogP contribution in [0.5, 0.6) is 0 Å². The van der Waals surface area contributed by atoms with Crippen molar-refractivity contribution in [2.45, 2.75) is 147 Å². The van der Waals surface area contributed by atoms with Crippen LogP contribution in [0, 0.1) is 5.92 Å². The Bertz CT molecular complexity index is 415. The van der Waals surface area contributed by atoms with E-state index in [1.807, 2.05) is 0 Å². The molecule has 3 nitrogen and oxygen atoms in total. The number of unbranched alkanes of at least 4 members (excludes halogenated alkanes) is 10. The van der Waals surface area contributed by atoms with Crippen LogP contribution in [0.4, 0.5) is 0 Å². The fourth-order valence-electron chi connectivity index (χ4n) is 4.75. The lowest BCUT2D eigenvalue weighted by atomic mass is 9.83. The van der Waals surface area contributed by atoms with E-state index >= 15 is 0 Å². The van der Waals surface area contributed by atoms with Crippen LogP contribution in [0.1, 0.15) is 129 Å². The maximum Gasteiger partial charge on any atom is 0.305 e. The molecule has 0 aromatic carbocycles. The predicted octanol–water partition coefficient (Wildman–Crippen LogP) is 8.21. The van der Waals surface area contributed by atoms with Gasteiger partial charge in [-0.05, 0) is 32.1 Å². The number of esters is 1. The molecule has 0 aliphatic carbocycles. The van der Waals surface area contributed by atoms with Crippen molar-refractivity contribution in [1.29, 1.82) is 0 Å². The molecule has 0 radical (unpaired) electrons. The third kappa shape index (κ3) is 12.5. The van der Waals surface area contributed by atoms with Gasteiger partial charge >= 0.3 is 5.97 Å². The van der Waals surface area contributed by atoms with Gasteiger partial charge in [-0.25, -0.2) is 0 Å². The molecule has 1 fully saturated rings. The minimum absolute atomic E-state index is 0.0884. The van der Waals surface area contributed by atoms with Crippen molar-refractivity contribution in [3.63, 3.8) is 0 Å². The highest BCUT2D eigenvalue weighted by molar-refractivity contribution is 6.20. The highest BCUT2D eigenvalue weighted by Gasteiger charge is 2.36. The van der Waals surface area contributed by atoms with Crippen molar-refractivity contribution in [2.75, 3.05) is 7.11 Å². The minimum atomic E-state index is -0.0884. The number of ether oxygens (including phenoxy) is 2.